The maximum Gasteiger partial charge on any atom is 0.264 e. The molecule has 2 fully saturated rings. The number of carbonyl (C=O) groups excluding carboxylic acids is 1. The summed E-state index contributed by atoms with van der Waals surface area (Å²) in [6.07, 6.45) is 7.54. The van der Waals surface area contributed by atoms with Crippen LogP contribution in [0.2, 0.25) is 0 Å². The van der Waals surface area contributed by atoms with E-state index >= 15 is 0 Å². The van der Waals surface area contributed by atoms with E-state index in [1.54, 1.807) is 31.5 Å². The zero-order chi connectivity index (χ0) is 23.9. The van der Waals surface area contributed by atoms with Crippen molar-refractivity contribution in [2.75, 3.05) is 25.1 Å². The summed E-state index contributed by atoms with van der Waals surface area (Å²) in [5, 5.41) is 0.559. The minimum atomic E-state index is -4.04. The van der Waals surface area contributed by atoms with Gasteiger partial charge in [-0.05, 0) is 61.9 Å². The van der Waals surface area contributed by atoms with Gasteiger partial charge in [0.25, 0.3) is 10.0 Å². The lowest BCUT2D eigenvalue weighted by molar-refractivity contribution is -0.121. The molecule has 2 aromatic heterocycles. The Labute approximate surface area is 199 Å². The van der Waals surface area contributed by atoms with Gasteiger partial charge in [-0.2, -0.15) is 0 Å². The number of aromatic amines is 1. The van der Waals surface area contributed by atoms with Crippen LogP contribution in [0.1, 0.15) is 43.7 Å². The van der Waals surface area contributed by atoms with E-state index in [-0.39, 0.29) is 11.0 Å². The van der Waals surface area contributed by atoms with Crippen LogP contribution < -0.4 is 9.62 Å². The van der Waals surface area contributed by atoms with Gasteiger partial charge in [-0.15, -0.1) is 0 Å². The molecule has 2 N–H and O–H groups in total. The van der Waals surface area contributed by atoms with Crippen LogP contribution in [-0.4, -0.2) is 50.6 Å². The molecule has 2 aliphatic rings. The highest BCUT2D eigenvalue weighted by Gasteiger charge is 2.54. The first-order valence-electron chi connectivity index (χ1n) is 11.8. The smallest absolute Gasteiger partial charge is 0.264 e. The van der Waals surface area contributed by atoms with E-state index < -0.39 is 21.3 Å². The number of nitrogens with zero attached hydrogens (tertiary/aromatic N) is 2. The lowest BCUT2D eigenvalue weighted by atomic mass is 9.93. The van der Waals surface area contributed by atoms with E-state index in [0.717, 1.165) is 49.3 Å². The van der Waals surface area contributed by atoms with Gasteiger partial charge >= 0.3 is 0 Å². The highest BCUT2D eigenvalue weighted by molar-refractivity contribution is 7.90. The number of methoxy groups -OCH3 is 1. The molecule has 1 saturated carbocycles. The summed E-state index contributed by atoms with van der Waals surface area (Å²) in [5.74, 6) is 0.299. The van der Waals surface area contributed by atoms with Gasteiger partial charge in [0.2, 0.25) is 5.91 Å². The molecular formula is C25H30N4O4S. The lowest BCUT2D eigenvalue weighted by Crippen LogP contribution is -2.42. The molecule has 3 aromatic rings. The Morgan fingerprint density at radius 3 is 2.71 bits per heavy atom. The Morgan fingerprint density at radius 2 is 2.03 bits per heavy atom. The molecule has 0 spiro atoms. The van der Waals surface area contributed by atoms with Crippen molar-refractivity contribution in [2.45, 2.75) is 55.4 Å². The van der Waals surface area contributed by atoms with Gasteiger partial charge in [0.05, 0.1) is 16.4 Å². The fraction of sp³-hybridized carbons (Fsp3) is 0.440. The topological polar surface area (TPSA) is 104 Å². The highest BCUT2D eigenvalue weighted by atomic mass is 32.2. The molecule has 1 amide bonds. The molecule has 1 aliphatic heterocycles. The molecule has 0 radical (unpaired) electrons. The van der Waals surface area contributed by atoms with Gasteiger partial charge in [-0.3, -0.25) is 4.79 Å². The summed E-state index contributed by atoms with van der Waals surface area (Å²) in [7, 11) is -2.31. The summed E-state index contributed by atoms with van der Waals surface area (Å²) in [6.45, 7) is 3.62. The molecule has 9 heteroatoms. The Hall–Kier alpha value is -2.91. The second kappa shape index (κ2) is 8.70. The summed E-state index contributed by atoms with van der Waals surface area (Å²) in [6, 6.07) is 8.74. The minimum Gasteiger partial charge on any atom is -0.381 e. The number of pyridine rings is 1. The van der Waals surface area contributed by atoms with Crippen molar-refractivity contribution in [1.82, 2.24) is 14.7 Å². The number of fused-ring (bicyclic) bond motifs is 1. The van der Waals surface area contributed by atoms with Crippen molar-refractivity contribution in [3.8, 4) is 0 Å². The Bertz CT molecular complexity index is 1320. The highest BCUT2D eigenvalue weighted by Crippen LogP contribution is 2.52. The van der Waals surface area contributed by atoms with Crippen molar-refractivity contribution in [1.29, 1.82) is 0 Å². The van der Waals surface area contributed by atoms with Crippen LogP contribution in [0.15, 0.2) is 47.6 Å². The van der Waals surface area contributed by atoms with Crippen molar-refractivity contribution in [3.63, 3.8) is 0 Å². The second-order valence-corrected chi connectivity index (χ2v) is 10.9. The summed E-state index contributed by atoms with van der Waals surface area (Å²) in [5.41, 5.74) is 1.68. The SMILES string of the molecule is CCc1cnc(N2CCC(OC)CC2)c(C2(C(=O)NS(=O)(=O)c3cccc4[nH]ccc34)CC2)c1. The third kappa shape index (κ3) is 3.96. The zero-order valence-corrected chi connectivity index (χ0v) is 20.3. The van der Waals surface area contributed by atoms with Crippen molar-refractivity contribution in [2.24, 2.45) is 0 Å². The van der Waals surface area contributed by atoms with Crippen LogP contribution in [-0.2, 0) is 31.4 Å². The number of ether oxygens (including phenoxy) is 1. The number of piperidine rings is 1. The molecule has 5 rings (SSSR count). The third-order valence-corrected chi connectivity index (χ3v) is 8.57. The number of hydrogen-bond acceptors (Lipinski definition) is 6. The summed E-state index contributed by atoms with van der Waals surface area (Å²) in [4.78, 5) is 23.6. The number of aromatic nitrogens is 2. The lowest BCUT2D eigenvalue weighted by Gasteiger charge is -2.34. The third-order valence-electron chi connectivity index (χ3n) is 7.18. The molecule has 0 atom stereocenters. The van der Waals surface area contributed by atoms with Gasteiger partial charge < -0.3 is 14.6 Å². The van der Waals surface area contributed by atoms with E-state index in [2.05, 4.69) is 14.6 Å². The number of H-pyrrole nitrogens is 1. The molecule has 1 saturated heterocycles. The predicted molar refractivity (Wildman–Crippen MR) is 130 cm³/mol. The van der Waals surface area contributed by atoms with E-state index in [4.69, 9.17) is 9.72 Å². The number of carbonyl (C=O) groups is 1. The monoisotopic (exact) mass is 482 g/mol. The predicted octanol–water partition coefficient (Wildman–Crippen LogP) is 3.28. The number of amides is 1. The van der Waals surface area contributed by atoms with E-state index in [0.29, 0.717) is 23.7 Å². The number of benzene rings is 1. The van der Waals surface area contributed by atoms with Crippen LogP contribution in [0, 0.1) is 0 Å². The van der Waals surface area contributed by atoms with Crippen molar-refractivity contribution >= 4 is 32.7 Å². The first kappa shape index (κ1) is 22.9. The fourth-order valence-corrected chi connectivity index (χ4v) is 6.19. The molecular weight excluding hydrogens is 452 g/mol. The Kier molecular flexibility index (Phi) is 5.85. The molecule has 34 heavy (non-hydrogen) atoms. The number of hydrogen-bond donors (Lipinski definition) is 2. The quantitative estimate of drug-likeness (QED) is 0.536. The Balaban J connectivity index is 1.47. The van der Waals surface area contributed by atoms with Gasteiger partial charge in [0.15, 0.2) is 0 Å². The van der Waals surface area contributed by atoms with Crippen LogP contribution in [0.3, 0.4) is 0 Å². The average molecular weight is 483 g/mol. The standard InChI is InChI=1S/C25H30N4O4S/c1-3-17-15-20(23(27-16-17)29-13-8-18(33-2)9-14-29)25(10-11-25)24(30)28-34(31,32)22-6-4-5-21-19(22)7-12-26-21/h4-7,12,15-16,18,26H,3,8-11,13-14H2,1-2H3,(H,28,30). The maximum absolute atomic E-state index is 13.6. The minimum absolute atomic E-state index is 0.0951. The van der Waals surface area contributed by atoms with Crippen LogP contribution >= 0.6 is 0 Å². The van der Waals surface area contributed by atoms with Gasteiger partial charge in [-0.1, -0.05) is 13.0 Å². The first-order valence-corrected chi connectivity index (χ1v) is 13.3. The van der Waals surface area contributed by atoms with Gasteiger partial charge in [-0.25, -0.2) is 18.1 Å². The van der Waals surface area contributed by atoms with Crippen LogP contribution in [0.5, 0.6) is 0 Å². The van der Waals surface area contributed by atoms with Crippen molar-refractivity contribution < 1.29 is 17.9 Å². The first-order chi connectivity index (χ1) is 16.4. The normalized spacial score (nSPS) is 18.2. The molecule has 3 heterocycles. The van der Waals surface area contributed by atoms with Crippen LogP contribution in [0.4, 0.5) is 5.82 Å². The average Bonchev–Trinajstić information content (AvgIpc) is 3.53. The number of aryl methyl sites for hydroxylation is 1. The van der Waals surface area contributed by atoms with E-state index in [9.17, 15) is 13.2 Å². The van der Waals surface area contributed by atoms with Crippen molar-refractivity contribution in [3.05, 3.63) is 53.9 Å². The van der Waals surface area contributed by atoms with Gasteiger partial charge in [0, 0.05) is 49.1 Å². The van der Waals surface area contributed by atoms with Gasteiger partial charge in [0.1, 0.15) is 5.82 Å². The molecule has 0 unspecified atom stereocenters. The van der Waals surface area contributed by atoms with Crippen LogP contribution in [0.25, 0.3) is 10.9 Å². The summed E-state index contributed by atoms with van der Waals surface area (Å²) >= 11 is 0. The molecule has 1 aromatic carbocycles. The number of rotatable bonds is 7. The van der Waals surface area contributed by atoms with E-state index in [1.165, 1.54) is 6.07 Å². The molecule has 8 nitrogen and oxygen atoms in total. The number of sulfonamides is 1. The van der Waals surface area contributed by atoms with E-state index in [1.807, 2.05) is 19.2 Å². The zero-order valence-electron chi connectivity index (χ0n) is 19.5. The molecule has 180 valence electrons. The molecule has 1 aliphatic carbocycles. The summed E-state index contributed by atoms with van der Waals surface area (Å²) < 4.78 is 34.4. The fourth-order valence-electron chi connectivity index (χ4n) is 4.91. The number of anilines is 1. The second-order valence-electron chi connectivity index (χ2n) is 9.20. The number of nitrogens with one attached hydrogen (secondary N) is 2. The largest absolute Gasteiger partial charge is 0.381 e. The Morgan fingerprint density at radius 1 is 1.26 bits per heavy atom. The molecule has 0 bridgehead atoms. The maximum atomic E-state index is 13.6.